The van der Waals surface area contributed by atoms with Gasteiger partial charge in [0.15, 0.2) is 11.2 Å². The van der Waals surface area contributed by atoms with E-state index >= 15 is 0 Å². The Morgan fingerprint density at radius 2 is 0.911 bits per heavy atom. The molecule has 0 aliphatic carbocycles. The summed E-state index contributed by atoms with van der Waals surface area (Å²) < 4.78 is 10.6. The summed E-state index contributed by atoms with van der Waals surface area (Å²) in [7, 11) is 0. The summed E-state index contributed by atoms with van der Waals surface area (Å²) in [5.41, 5.74) is -3.71. The highest BCUT2D eigenvalue weighted by Gasteiger charge is 2.33. The van der Waals surface area contributed by atoms with E-state index in [0.29, 0.717) is 11.1 Å². The number of halogens is 2. The molecule has 2 atom stereocenters. The Morgan fingerprint density at radius 3 is 1.20 bits per heavy atom. The van der Waals surface area contributed by atoms with Crippen LogP contribution in [0.3, 0.4) is 0 Å². The average Bonchev–Trinajstić information content (AvgIpc) is 3.10. The Labute approximate surface area is 326 Å². The molecule has 0 aliphatic rings. The number of ether oxygens (including phenoxy) is 2. The molecule has 0 radical (unpaired) electrons. The van der Waals surface area contributed by atoms with Crippen molar-refractivity contribution in [3.8, 4) is 11.5 Å². The third-order valence-corrected chi connectivity index (χ3v) is 8.19. The molecule has 4 aromatic carbocycles. The first-order chi connectivity index (χ1) is 26.0. The molecule has 0 saturated carbocycles. The van der Waals surface area contributed by atoms with Gasteiger partial charge < -0.3 is 30.3 Å². The minimum absolute atomic E-state index is 0.0513. The van der Waals surface area contributed by atoms with Crippen LogP contribution < -0.4 is 20.1 Å². The summed E-state index contributed by atoms with van der Waals surface area (Å²) in [5.74, 6) is -1.53. The van der Waals surface area contributed by atoms with Crippen molar-refractivity contribution < 1.29 is 49.0 Å². The minimum atomic E-state index is -1.98. The average molecular weight is 820 g/mol. The van der Waals surface area contributed by atoms with Crippen molar-refractivity contribution in [2.45, 2.75) is 38.9 Å². The molecule has 4 rings (SSSR count). The molecule has 0 aromatic heterocycles. The summed E-state index contributed by atoms with van der Waals surface area (Å²) in [6.45, 7) is 4.44. The second kappa shape index (κ2) is 18.2. The Kier molecular flexibility index (Phi) is 14.3. The van der Waals surface area contributed by atoms with Gasteiger partial charge in [0.1, 0.15) is 34.8 Å². The standard InChI is InChI=1S/2C17H16ClN3O7/c2*1-10-7-11(3-6-14(10)20(24)25)19-16(22)17(2,23)9-28-12-4-5-13(18)15(8-12)21(26)27/h2*3-8,23H,9H2,1-2H3,(H,19,22). The van der Waals surface area contributed by atoms with Gasteiger partial charge in [-0.3, -0.25) is 50.0 Å². The van der Waals surface area contributed by atoms with Crippen LogP contribution in [0.25, 0.3) is 0 Å². The van der Waals surface area contributed by atoms with Crippen LogP contribution >= 0.6 is 23.2 Å². The molecular weight excluding hydrogens is 787 g/mol. The molecule has 2 amide bonds. The van der Waals surface area contributed by atoms with E-state index in [1.807, 2.05) is 0 Å². The lowest BCUT2D eigenvalue weighted by molar-refractivity contribution is -0.385. The van der Waals surface area contributed by atoms with Crippen LogP contribution in [0.2, 0.25) is 10.0 Å². The highest BCUT2D eigenvalue weighted by molar-refractivity contribution is 6.33. The lowest BCUT2D eigenvalue weighted by atomic mass is 10.1. The SMILES string of the molecule is Cc1cc(NC(=O)C(C)(O)COc2ccc(Cl)c([N+](=O)[O-])c2)ccc1[N+](=O)[O-].Cc1cc(NC(=O)C(C)(O)COc2ccc(Cl)c([N+](=O)[O-])c2)ccc1[N+](=O)[O-]. The van der Waals surface area contributed by atoms with Gasteiger partial charge in [-0.2, -0.15) is 0 Å². The highest BCUT2D eigenvalue weighted by Crippen LogP contribution is 2.31. The lowest BCUT2D eigenvalue weighted by Crippen LogP contribution is -2.45. The van der Waals surface area contributed by atoms with Gasteiger partial charge in [0.25, 0.3) is 34.6 Å². The summed E-state index contributed by atoms with van der Waals surface area (Å²) in [4.78, 5) is 65.6. The second-order valence-corrected chi connectivity index (χ2v) is 13.1. The maximum atomic E-state index is 12.3. The fourth-order valence-electron chi connectivity index (χ4n) is 4.43. The summed E-state index contributed by atoms with van der Waals surface area (Å²) in [5, 5.41) is 68.9. The monoisotopic (exact) mass is 818 g/mol. The molecule has 4 N–H and O–H groups in total. The van der Waals surface area contributed by atoms with Crippen LogP contribution in [-0.2, 0) is 9.59 Å². The molecule has 22 heteroatoms. The van der Waals surface area contributed by atoms with Crippen molar-refractivity contribution in [3.05, 3.63) is 134 Å². The van der Waals surface area contributed by atoms with E-state index < -0.39 is 55.9 Å². The van der Waals surface area contributed by atoms with Crippen molar-refractivity contribution in [3.63, 3.8) is 0 Å². The van der Waals surface area contributed by atoms with Gasteiger partial charge in [-0.05, 0) is 76.2 Å². The minimum Gasteiger partial charge on any atom is -0.490 e. The summed E-state index contributed by atoms with van der Waals surface area (Å²) in [6, 6.07) is 15.4. The van der Waals surface area contributed by atoms with Crippen molar-refractivity contribution >= 4 is 69.1 Å². The first kappa shape index (κ1) is 43.9. The number of carbonyl (C=O) groups excluding carboxylic acids is 2. The first-order valence-corrected chi connectivity index (χ1v) is 16.5. The van der Waals surface area contributed by atoms with Crippen molar-refractivity contribution in [1.29, 1.82) is 0 Å². The molecule has 56 heavy (non-hydrogen) atoms. The van der Waals surface area contributed by atoms with Gasteiger partial charge in [-0.15, -0.1) is 0 Å². The zero-order chi connectivity index (χ0) is 42.1. The van der Waals surface area contributed by atoms with E-state index in [0.717, 1.165) is 12.1 Å². The number of nitrogens with zero attached hydrogens (tertiary/aromatic N) is 4. The predicted octanol–water partition coefficient (Wildman–Crippen LogP) is 6.47. The Balaban J connectivity index is 0.000000300. The molecule has 0 fully saturated rings. The molecule has 20 nitrogen and oxygen atoms in total. The van der Waals surface area contributed by atoms with E-state index in [-0.39, 0.29) is 55.7 Å². The fourth-order valence-corrected chi connectivity index (χ4v) is 4.80. The molecule has 0 saturated heterocycles. The van der Waals surface area contributed by atoms with Gasteiger partial charge in [0, 0.05) is 34.6 Å². The number of hydrogen-bond donors (Lipinski definition) is 4. The summed E-state index contributed by atoms with van der Waals surface area (Å²) in [6.07, 6.45) is 0. The molecule has 0 spiro atoms. The number of nitro benzene ring substituents is 4. The Hall–Kier alpha value is -6.48. The zero-order valence-corrected chi connectivity index (χ0v) is 31.2. The largest absolute Gasteiger partial charge is 0.490 e. The fraction of sp³-hybridized carbons (Fsp3) is 0.235. The predicted molar refractivity (Wildman–Crippen MR) is 201 cm³/mol. The van der Waals surface area contributed by atoms with E-state index in [1.165, 1.54) is 88.4 Å². The molecule has 4 aromatic rings. The lowest BCUT2D eigenvalue weighted by Gasteiger charge is -2.22. The zero-order valence-electron chi connectivity index (χ0n) is 29.7. The maximum absolute atomic E-state index is 12.3. The Bertz CT molecular complexity index is 2050. The van der Waals surface area contributed by atoms with Gasteiger partial charge in [0.05, 0.1) is 31.8 Å². The first-order valence-electron chi connectivity index (χ1n) is 15.7. The van der Waals surface area contributed by atoms with E-state index in [1.54, 1.807) is 0 Å². The van der Waals surface area contributed by atoms with E-state index in [9.17, 15) is 60.3 Å². The normalized spacial score (nSPS) is 12.7. The number of anilines is 2. The van der Waals surface area contributed by atoms with Crippen LogP contribution in [0, 0.1) is 54.3 Å². The number of carbonyl (C=O) groups is 2. The van der Waals surface area contributed by atoms with Crippen LogP contribution in [-0.4, -0.2) is 66.1 Å². The number of benzene rings is 4. The third-order valence-electron chi connectivity index (χ3n) is 7.55. The second-order valence-electron chi connectivity index (χ2n) is 12.3. The van der Waals surface area contributed by atoms with Crippen LogP contribution in [0.4, 0.5) is 34.1 Å². The van der Waals surface area contributed by atoms with Gasteiger partial charge >= 0.3 is 0 Å². The van der Waals surface area contributed by atoms with Gasteiger partial charge in [0.2, 0.25) is 0 Å². The molecule has 0 aliphatic heterocycles. The molecule has 0 heterocycles. The molecule has 296 valence electrons. The number of nitrogens with one attached hydrogen (secondary N) is 2. The highest BCUT2D eigenvalue weighted by atomic mass is 35.5. The number of aliphatic hydroxyl groups is 2. The molecular formula is C34H32Cl2N6O14. The number of aryl methyl sites for hydroxylation is 2. The van der Waals surface area contributed by atoms with Crippen molar-refractivity contribution in [2.24, 2.45) is 0 Å². The quantitative estimate of drug-likeness (QED) is 0.0784. The van der Waals surface area contributed by atoms with E-state index in [4.69, 9.17) is 32.7 Å². The van der Waals surface area contributed by atoms with E-state index in [2.05, 4.69) is 10.6 Å². The maximum Gasteiger partial charge on any atom is 0.291 e. The Morgan fingerprint density at radius 1 is 0.589 bits per heavy atom. The number of nitro groups is 4. The molecule has 2 unspecified atom stereocenters. The van der Waals surface area contributed by atoms with Gasteiger partial charge in [-0.25, -0.2) is 0 Å². The van der Waals surface area contributed by atoms with Crippen LogP contribution in [0.5, 0.6) is 11.5 Å². The summed E-state index contributed by atoms with van der Waals surface area (Å²) >= 11 is 11.4. The number of hydrogen-bond acceptors (Lipinski definition) is 14. The van der Waals surface area contributed by atoms with Crippen molar-refractivity contribution in [1.82, 2.24) is 0 Å². The molecule has 0 bridgehead atoms. The topological polar surface area (TPSA) is 290 Å². The van der Waals surface area contributed by atoms with Crippen molar-refractivity contribution in [2.75, 3.05) is 23.8 Å². The van der Waals surface area contributed by atoms with Crippen LogP contribution in [0.1, 0.15) is 25.0 Å². The smallest absolute Gasteiger partial charge is 0.291 e. The number of rotatable bonds is 14. The van der Waals surface area contributed by atoms with Crippen LogP contribution in [0.15, 0.2) is 72.8 Å². The van der Waals surface area contributed by atoms with Gasteiger partial charge in [-0.1, -0.05) is 23.2 Å². The number of amides is 2. The third kappa shape index (κ3) is 11.8.